The molecule has 2 aromatic rings. The summed E-state index contributed by atoms with van der Waals surface area (Å²) < 4.78 is 10.5. The number of benzene rings is 1. The molecule has 0 saturated carbocycles. The smallest absolute Gasteiger partial charge is 0.409 e. The summed E-state index contributed by atoms with van der Waals surface area (Å²) in [5.41, 5.74) is 0.909. The number of hydrogen-bond donors (Lipinski definition) is 1. The van der Waals surface area contributed by atoms with E-state index in [0.717, 1.165) is 5.56 Å². The van der Waals surface area contributed by atoms with Gasteiger partial charge in [-0.2, -0.15) is 0 Å². The maximum absolute atomic E-state index is 13.6. The fourth-order valence-electron chi connectivity index (χ4n) is 4.28. The van der Waals surface area contributed by atoms with Crippen LogP contribution in [0.15, 0.2) is 36.4 Å². The van der Waals surface area contributed by atoms with Crippen molar-refractivity contribution in [1.29, 1.82) is 0 Å². The van der Waals surface area contributed by atoms with Crippen molar-refractivity contribution in [1.82, 2.24) is 25.1 Å². The van der Waals surface area contributed by atoms with Crippen LogP contribution < -0.4 is 5.32 Å². The SMILES string of the molecule is CCOC(=O)N1CCN(C(=O)C(CCC(=O)OC(C)(C)C)NC(=O)c2cc(C(C)C)nc(-c3ccccc3)n2)CC1. The number of nitrogens with zero attached hydrogens (tertiary/aromatic N) is 4. The van der Waals surface area contributed by atoms with Crippen LogP contribution in [-0.2, 0) is 19.1 Å². The Hall–Kier alpha value is -4.02. The third-order valence-corrected chi connectivity index (χ3v) is 6.38. The van der Waals surface area contributed by atoms with Gasteiger partial charge in [0.25, 0.3) is 5.91 Å². The van der Waals surface area contributed by atoms with Crippen LogP contribution in [0.3, 0.4) is 0 Å². The molecule has 0 aliphatic carbocycles. The summed E-state index contributed by atoms with van der Waals surface area (Å²) in [5.74, 6) is -0.904. The molecule has 1 aliphatic rings. The average Bonchev–Trinajstić information content (AvgIpc) is 2.94. The van der Waals surface area contributed by atoms with Gasteiger partial charge in [0, 0.05) is 43.9 Å². The predicted molar refractivity (Wildman–Crippen MR) is 153 cm³/mol. The van der Waals surface area contributed by atoms with Crippen molar-refractivity contribution in [3.8, 4) is 11.4 Å². The highest BCUT2D eigenvalue weighted by atomic mass is 16.6. The van der Waals surface area contributed by atoms with Crippen LogP contribution in [0.5, 0.6) is 0 Å². The molecule has 1 N–H and O–H groups in total. The van der Waals surface area contributed by atoms with Crippen LogP contribution in [0, 0.1) is 0 Å². The standard InChI is InChI=1S/C30H41N5O6/c1-7-40-29(39)35-17-15-34(16-18-35)28(38)22(13-14-25(36)41-30(4,5)6)33-27(37)24-19-23(20(2)3)31-26(32-24)21-11-9-8-10-12-21/h8-12,19-20,22H,7,13-18H2,1-6H3,(H,33,37). The third-order valence-electron chi connectivity index (χ3n) is 6.38. The molecule has 11 nitrogen and oxygen atoms in total. The number of piperazine rings is 1. The van der Waals surface area contributed by atoms with E-state index in [1.165, 1.54) is 0 Å². The molecule has 0 radical (unpaired) electrons. The van der Waals surface area contributed by atoms with Crippen LogP contribution in [-0.4, -0.2) is 88.1 Å². The van der Waals surface area contributed by atoms with E-state index >= 15 is 0 Å². The molecule has 1 aromatic carbocycles. The number of amides is 3. The molecule has 3 rings (SSSR count). The molecule has 0 bridgehead atoms. The van der Waals surface area contributed by atoms with Gasteiger partial charge < -0.3 is 24.6 Å². The van der Waals surface area contributed by atoms with Gasteiger partial charge >= 0.3 is 12.1 Å². The zero-order valence-corrected chi connectivity index (χ0v) is 24.8. The summed E-state index contributed by atoms with van der Waals surface area (Å²) in [6.07, 6.45) is -0.438. The molecule has 41 heavy (non-hydrogen) atoms. The Kier molecular flexibility index (Phi) is 10.8. The van der Waals surface area contributed by atoms with Crippen LogP contribution in [0.25, 0.3) is 11.4 Å². The van der Waals surface area contributed by atoms with Gasteiger partial charge in [-0.3, -0.25) is 14.4 Å². The lowest BCUT2D eigenvalue weighted by Crippen LogP contribution is -2.56. The highest BCUT2D eigenvalue weighted by Gasteiger charge is 2.32. The number of ether oxygens (including phenoxy) is 2. The molecular weight excluding hydrogens is 526 g/mol. The summed E-state index contributed by atoms with van der Waals surface area (Å²) in [4.78, 5) is 64.0. The lowest BCUT2D eigenvalue weighted by molar-refractivity contribution is -0.155. The van der Waals surface area contributed by atoms with Crippen LogP contribution in [0.2, 0.25) is 0 Å². The van der Waals surface area contributed by atoms with Crippen molar-refractivity contribution in [2.24, 2.45) is 0 Å². The van der Waals surface area contributed by atoms with E-state index in [9.17, 15) is 19.2 Å². The van der Waals surface area contributed by atoms with Crippen LogP contribution in [0.1, 0.15) is 76.5 Å². The number of nitrogens with one attached hydrogen (secondary N) is 1. The minimum absolute atomic E-state index is 0.0345. The van der Waals surface area contributed by atoms with Crippen molar-refractivity contribution >= 4 is 23.9 Å². The Morgan fingerprint density at radius 2 is 1.61 bits per heavy atom. The fraction of sp³-hybridized carbons (Fsp3) is 0.533. The number of aromatic nitrogens is 2. The van der Waals surface area contributed by atoms with Gasteiger partial charge in [0.05, 0.1) is 6.61 Å². The van der Waals surface area contributed by atoms with Crippen LogP contribution >= 0.6 is 0 Å². The first-order valence-electron chi connectivity index (χ1n) is 14.1. The number of hydrogen-bond acceptors (Lipinski definition) is 8. The molecular formula is C30H41N5O6. The lowest BCUT2D eigenvalue weighted by atomic mass is 10.1. The fourth-order valence-corrected chi connectivity index (χ4v) is 4.28. The molecule has 1 unspecified atom stereocenters. The normalized spacial score (nSPS) is 14.4. The first-order valence-corrected chi connectivity index (χ1v) is 14.1. The summed E-state index contributed by atoms with van der Waals surface area (Å²) in [5, 5.41) is 2.81. The zero-order valence-electron chi connectivity index (χ0n) is 24.8. The molecule has 1 aliphatic heterocycles. The van der Waals surface area contributed by atoms with Crippen molar-refractivity contribution in [3.63, 3.8) is 0 Å². The Labute approximate surface area is 241 Å². The quantitative estimate of drug-likeness (QED) is 0.453. The van der Waals surface area contributed by atoms with Crippen molar-refractivity contribution in [2.45, 2.75) is 71.9 Å². The summed E-state index contributed by atoms with van der Waals surface area (Å²) in [6.45, 7) is 12.4. The molecule has 1 atom stereocenters. The van der Waals surface area contributed by atoms with Gasteiger partial charge in [-0.1, -0.05) is 44.2 Å². The van der Waals surface area contributed by atoms with Crippen molar-refractivity contribution < 1.29 is 28.7 Å². The Balaban J connectivity index is 1.82. The van der Waals surface area contributed by atoms with E-state index in [4.69, 9.17) is 9.47 Å². The second kappa shape index (κ2) is 14.0. The molecule has 0 spiro atoms. The maximum atomic E-state index is 13.6. The third kappa shape index (κ3) is 9.26. The number of esters is 1. The largest absolute Gasteiger partial charge is 0.460 e. The molecule has 1 aromatic heterocycles. The molecule has 1 saturated heterocycles. The Bertz CT molecular complexity index is 1220. The maximum Gasteiger partial charge on any atom is 0.409 e. The number of rotatable bonds is 9. The van der Waals surface area contributed by atoms with E-state index in [0.29, 0.717) is 24.6 Å². The second-order valence-corrected chi connectivity index (χ2v) is 11.2. The lowest BCUT2D eigenvalue weighted by Gasteiger charge is -2.36. The highest BCUT2D eigenvalue weighted by Crippen LogP contribution is 2.20. The molecule has 222 valence electrons. The first kappa shape index (κ1) is 31.5. The summed E-state index contributed by atoms with van der Waals surface area (Å²) >= 11 is 0. The van der Waals surface area contributed by atoms with Gasteiger partial charge in [-0.25, -0.2) is 14.8 Å². The summed E-state index contributed by atoms with van der Waals surface area (Å²) in [7, 11) is 0. The molecule has 2 heterocycles. The van der Waals surface area contributed by atoms with E-state index in [2.05, 4.69) is 15.3 Å². The zero-order chi connectivity index (χ0) is 30.2. The van der Waals surface area contributed by atoms with Gasteiger partial charge in [0.2, 0.25) is 5.91 Å². The second-order valence-electron chi connectivity index (χ2n) is 11.2. The first-order chi connectivity index (χ1) is 19.4. The van der Waals surface area contributed by atoms with Crippen molar-refractivity contribution in [3.05, 3.63) is 47.8 Å². The van der Waals surface area contributed by atoms with Crippen LogP contribution in [0.4, 0.5) is 4.79 Å². The van der Waals surface area contributed by atoms with E-state index in [1.807, 2.05) is 44.2 Å². The highest BCUT2D eigenvalue weighted by molar-refractivity contribution is 5.96. The molecule has 1 fully saturated rings. The topological polar surface area (TPSA) is 131 Å². The van der Waals surface area contributed by atoms with Gasteiger partial charge in [-0.05, 0) is 46.1 Å². The number of carbonyl (C=O) groups excluding carboxylic acids is 4. The average molecular weight is 568 g/mol. The number of carbonyl (C=O) groups is 4. The van der Waals surface area contributed by atoms with Crippen molar-refractivity contribution in [2.75, 3.05) is 32.8 Å². The Morgan fingerprint density at radius 3 is 2.20 bits per heavy atom. The minimum Gasteiger partial charge on any atom is -0.460 e. The predicted octanol–water partition coefficient (Wildman–Crippen LogP) is 3.79. The summed E-state index contributed by atoms with van der Waals surface area (Å²) in [6, 6.07) is 9.98. The minimum atomic E-state index is -0.998. The van der Waals surface area contributed by atoms with Gasteiger partial charge in [0.1, 0.15) is 17.3 Å². The molecule has 3 amide bonds. The Morgan fingerprint density at radius 1 is 0.976 bits per heavy atom. The van der Waals surface area contributed by atoms with E-state index in [-0.39, 0.29) is 50.1 Å². The molecule has 11 heteroatoms. The monoisotopic (exact) mass is 567 g/mol. The van der Waals surface area contributed by atoms with Gasteiger partial charge in [-0.15, -0.1) is 0 Å². The van der Waals surface area contributed by atoms with Gasteiger partial charge in [0.15, 0.2) is 5.82 Å². The van der Waals surface area contributed by atoms with E-state index in [1.54, 1.807) is 43.6 Å². The van der Waals surface area contributed by atoms with E-state index < -0.39 is 29.6 Å².